The highest BCUT2D eigenvalue weighted by Crippen LogP contribution is 2.18. The Labute approximate surface area is 119 Å². The maximum absolute atomic E-state index is 12.1. The van der Waals surface area contributed by atoms with Crippen LogP contribution in [0.5, 0.6) is 0 Å². The van der Waals surface area contributed by atoms with Crippen LogP contribution in [0.3, 0.4) is 0 Å². The minimum atomic E-state index is -1.08. The molecule has 0 aromatic heterocycles. The van der Waals surface area contributed by atoms with Gasteiger partial charge in [0, 0.05) is 25.6 Å². The Morgan fingerprint density at radius 1 is 1.40 bits per heavy atom. The molecule has 1 aliphatic rings. The van der Waals surface area contributed by atoms with Gasteiger partial charge >= 0.3 is 12.0 Å². The van der Waals surface area contributed by atoms with E-state index in [0.29, 0.717) is 6.54 Å². The molecule has 2 amide bonds. The molecule has 0 aromatic carbocycles. The van der Waals surface area contributed by atoms with Gasteiger partial charge in [-0.3, -0.25) is 0 Å². The van der Waals surface area contributed by atoms with E-state index in [4.69, 9.17) is 5.11 Å². The lowest BCUT2D eigenvalue weighted by Gasteiger charge is -2.27. The van der Waals surface area contributed by atoms with Gasteiger partial charge in [-0.1, -0.05) is 13.8 Å². The number of aliphatic hydroxyl groups excluding tert-OH is 1. The van der Waals surface area contributed by atoms with Crippen LogP contribution in [0.1, 0.15) is 27.2 Å². The van der Waals surface area contributed by atoms with E-state index >= 15 is 0 Å². The van der Waals surface area contributed by atoms with Crippen LogP contribution in [0.4, 0.5) is 4.79 Å². The molecule has 0 bridgehead atoms. The topological polar surface area (TPSA) is 93.1 Å². The third-order valence-electron chi connectivity index (χ3n) is 3.62. The third kappa shape index (κ3) is 4.35. The van der Waals surface area contributed by atoms with Crippen molar-refractivity contribution in [3.05, 3.63) is 0 Å². The van der Waals surface area contributed by atoms with E-state index in [1.807, 2.05) is 6.92 Å². The third-order valence-corrected chi connectivity index (χ3v) is 3.62. The van der Waals surface area contributed by atoms with Crippen molar-refractivity contribution in [2.45, 2.75) is 45.4 Å². The zero-order chi connectivity index (χ0) is 15.3. The molecule has 1 fully saturated rings. The summed E-state index contributed by atoms with van der Waals surface area (Å²) in [5.74, 6) is -1.08. The summed E-state index contributed by atoms with van der Waals surface area (Å²) in [5.41, 5.74) is 0. The number of carbonyl (C=O) groups is 2. The van der Waals surface area contributed by atoms with Gasteiger partial charge in [0.2, 0.25) is 0 Å². The van der Waals surface area contributed by atoms with E-state index < -0.39 is 24.1 Å². The molecular weight excluding hydrogens is 262 g/mol. The average molecular weight is 287 g/mol. The Morgan fingerprint density at radius 3 is 2.50 bits per heavy atom. The lowest BCUT2D eigenvalue weighted by Crippen LogP contribution is -2.51. The Morgan fingerprint density at radius 2 is 2.00 bits per heavy atom. The molecule has 1 heterocycles. The van der Waals surface area contributed by atoms with Gasteiger partial charge < -0.3 is 25.3 Å². The van der Waals surface area contributed by atoms with E-state index in [2.05, 4.69) is 24.1 Å². The van der Waals surface area contributed by atoms with Crippen molar-refractivity contribution in [3.63, 3.8) is 0 Å². The van der Waals surface area contributed by atoms with Gasteiger partial charge in [-0.25, -0.2) is 9.59 Å². The second kappa shape index (κ2) is 7.44. The fourth-order valence-electron chi connectivity index (χ4n) is 2.48. The van der Waals surface area contributed by atoms with Crippen LogP contribution >= 0.6 is 0 Å². The Hall–Kier alpha value is -1.34. The number of likely N-dealkylation sites (N-methyl/N-ethyl adjacent to an activating group) is 1. The highest BCUT2D eigenvalue weighted by molar-refractivity contribution is 5.83. The van der Waals surface area contributed by atoms with Crippen molar-refractivity contribution in [1.82, 2.24) is 15.1 Å². The number of aliphatic carboxylic acids is 1. The molecule has 0 aliphatic carbocycles. The van der Waals surface area contributed by atoms with Crippen molar-refractivity contribution in [2.75, 3.05) is 26.2 Å². The number of nitrogens with zero attached hydrogens (tertiary/aromatic N) is 2. The smallest absolute Gasteiger partial charge is 0.326 e. The van der Waals surface area contributed by atoms with Crippen LogP contribution in [-0.4, -0.2) is 76.4 Å². The predicted octanol–water partition coefficient (Wildman–Crippen LogP) is -0.0539. The first-order valence-electron chi connectivity index (χ1n) is 7.09. The van der Waals surface area contributed by atoms with Crippen molar-refractivity contribution in [2.24, 2.45) is 0 Å². The van der Waals surface area contributed by atoms with E-state index in [9.17, 15) is 14.7 Å². The summed E-state index contributed by atoms with van der Waals surface area (Å²) in [6, 6.07) is -1.44. The van der Waals surface area contributed by atoms with Crippen molar-refractivity contribution < 1.29 is 19.8 Å². The van der Waals surface area contributed by atoms with E-state index in [1.165, 1.54) is 4.90 Å². The molecule has 3 N–H and O–H groups in total. The number of likely N-dealkylation sites (tertiary alicyclic amines) is 1. The van der Waals surface area contributed by atoms with Crippen LogP contribution in [0.2, 0.25) is 0 Å². The second-order valence-corrected chi connectivity index (χ2v) is 5.23. The van der Waals surface area contributed by atoms with Crippen molar-refractivity contribution >= 4 is 12.0 Å². The number of rotatable bonds is 6. The number of carbonyl (C=O) groups excluding carboxylic acids is 1. The highest BCUT2D eigenvalue weighted by Gasteiger charge is 2.39. The van der Waals surface area contributed by atoms with Crippen LogP contribution in [0.15, 0.2) is 0 Å². The molecule has 116 valence electrons. The summed E-state index contributed by atoms with van der Waals surface area (Å²) in [6.45, 7) is 8.57. The fourth-order valence-corrected chi connectivity index (χ4v) is 2.48. The van der Waals surface area contributed by atoms with Crippen molar-refractivity contribution in [1.29, 1.82) is 0 Å². The van der Waals surface area contributed by atoms with E-state index in [0.717, 1.165) is 13.1 Å². The first kappa shape index (κ1) is 16.7. The molecule has 1 aliphatic heterocycles. The fraction of sp³-hybridized carbons (Fsp3) is 0.846. The summed E-state index contributed by atoms with van der Waals surface area (Å²) < 4.78 is 0. The van der Waals surface area contributed by atoms with Gasteiger partial charge in [0.25, 0.3) is 0 Å². The zero-order valence-electron chi connectivity index (χ0n) is 12.4. The van der Waals surface area contributed by atoms with Gasteiger partial charge in [0.05, 0.1) is 6.10 Å². The number of β-amino-alcohol motifs (C(OH)–C–C–N with tert-alkyl or cyclic N) is 1. The normalized spacial score (nSPS) is 23.9. The molecule has 3 atom stereocenters. The maximum atomic E-state index is 12.1. The monoisotopic (exact) mass is 287 g/mol. The van der Waals surface area contributed by atoms with Crippen LogP contribution in [0.25, 0.3) is 0 Å². The standard InChI is InChI=1S/C13H25N3O4/c1-4-15(5-2)7-9(3)14-13(20)16-8-10(17)6-11(16)12(18)19/h9-11,17H,4-8H2,1-3H3,(H,14,20)(H,18,19)/t9?,10-,11-/m0/s1. The molecule has 1 saturated heterocycles. The lowest BCUT2D eigenvalue weighted by molar-refractivity contribution is -0.141. The molecule has 1 rings (SSSR count). The zero-order valence-corrected chi connectivity index (χ0v) is 12.4. The first-order chi connectivity index (χ1) is 9.38. The molecule has 7 nitrogen and oxygen atoms in total. The van der Waals surface area contributed by atoms with Gasteiger partial charge in [-0.05, 0) is 20.0 Å². The number of carboxylic acids is 1. The average Bonchev–Trinajstić information content (AvgIpc) is 2.78. The molecule has 0 spiro atoms. The second-order valence-electron chi connectivity index (χ2n) is 5.23. The Kier molecular flexibility index (Phi) is 6.22. The number of aliphatic hydroxyl groups is 1. The van der Waals surface area contributed by atoms with Crippen molar-refractivity contribution in [3.8, 4) is 0 Å². The first-order valence-corrected chi connectivity index (χ1v) is 7.09. The summed E-state index contributed by atoms with van der Waals surface area (Å²) in [5, 5.41) is 21.4. The van der Waals surface area contributed by atoms with Crippen LogP contribution < -0.4 is 5.32 Å². The lowest BCUT2D eigenvalue weighted by atomic mass is 10.2. The van der Waals surface area contributed by atoms with Gasteiger partial charge in [0.15, 0.2) is 0 Å². The minimum absolute atomic E-state index is 0.0702. The number of hydrogen-bond acceptors (Lipinski definition) is 4. The number of urea groups is 1. The summed E-state index contributed by atoms with van der Waals surface area (Å²) in [4.78, 5) is 26.6. The summed E-state index contributed by atoms with van der Waals surface area (Å²) >= 11 is 0. The Bertz CT molecular complexity index is 347. The molecular formula is C13H25N3O4. The molecule has 7 heteroatoms. The maximum Gasteiger partial charge on any atom is 0.326 e. The summed E-state index contributed by atoms with van der Waals surface area (Å²) in [6.07, 6.45) is -0.673. The molecule has 0 saturated carbocycles. The van der Waals surface area contributed by atoms with Gasteiger partial charge in [-0.2, -0.15) is 0 Å². The quantitative estimate of drug-likeness (QED) is 0.637. The molecule has 0 aromatic rings. The SMILES string of the molecule is CCN(CC)CC(C)NC(=O)N1C[C@@H](O)C[C@H]1C(=O)O. The number of nitrogens with one attached hydrogen (secondary N) is 1. The number of amides is 2. The van der Waals surface area contributed by atoms with E-state index in [-0.39, 0.29) is 19.0 Å². The van der Waals surface area contributed by atoms with Crippen LogP contribution in [-0.2, 0) is 4.79 Å². The number of hydrogen-bond donors (Lipinski definition) is 3. The molecule has 0 radical (unpaired) electrons. The number of carboxylic acid groups (broad SMARTS) is 1. The van der Waals surface area contributed by atoms with E-state index in [1.54, 1.807) is 0 Å². The van der Waals surface area contributed by atoms with Gasteiger partial charge in [-0.15, -0.1) is 0 Å². The minimum Gasteiger partial charge on any atom is -0.480 e. The Balaban J connectivity index is 2.54. The summed E-state index contributed by atoms with van der Waals surface area (Å²) in [7, 11) is 0. The van der Waals surface area contributed by atoms with Gasteiger partial charge in [0.1, 0.15) is 6.04 Å². The largest absolute Gasteiger partial charge is 0.480 e. The molecule has 1 unspecified atom stereocenters. The van der Waals surface area contributed by atoms with Crippen LogP contribution in [0, 0.1) is 0 Å². The highest BCUT2D eigenvalue weighted by atomic mass is 16.4. The predicted molar refractivity (Wildman–Crippen MR) is 74.5 cm³/mol. The molecule has 20 heavy (non-hydrogen) atoms.